The fraction of sp³-hybridized carbons (Fsp3) is 0.348. The Morgan fingerprint density at radius 1 is 1.11 bits per heavy atom. The molecule has 1 aromatic heterocycles. The van der Waals surface area contributed by atoms with Crippen LogP contribution in [0, 0.1) is 0 Å². The average Bonchev–Trinajstić information content (AvgIpc) is 2.72. The van der Waals surface area contributed by atoms with Crippen LogP contribution in [0.3, 0.4) is 0 Å². The van der Waals surface area contributed by atoms with Crippen LogP contribution >= 0.6 is 0 Å². The van der Waals surface area contributed by atoms with E-state index < -0.39 is 0 Å². The molecule has 5 nitrogen and oxygen atoms in total. The van der Waals surface area contributed by atoms with Gasteiger partial charge >= 0.3 is 0 Å². The molecule has 0 spiro atoms. The number of benzene rings is 2. The van der Waals surface area contributed by atoms with Gasteiger partial charge in [0.15, 0.2) is 0 Å². The van der Waals surface area contributed by atoms with E-state index in [1.807, 2.05) is 24.4 Å². The van der Waals surface area contributed by atoms with Crippen LogP contribution in [0.15, 0.2) is 54.7 Å². The quantitative estimate of drug-likeness (QED) is 0.720. The van der Waals surface area contributed by atoms with Gasteiger partial charge in [-0.15, -0.1) is 0 Å². The van der Waals surface area contributed by atoms with E-state index >= 15 is 0 Å². The molecule has 3 aromatic rings. The summed E-state index contributed by atoms with van der Waals surface area (Å²) in [6.07, 6.45) is 1.90. The van der Waals surface area contributed by atoms with E-state index in [9.17, 15) is 0 Å². The van der Waals surface area contributed by atoms with Gasteiger partial charge in [-0.25, -0.2) is 0 Å². The van der Waals surface area contributed by atoms with Gasteiger partial charge in [-0.2, -0.15) is 0 Å². The number of nitrogens with zero attached hydrogens (tertiary/aromatic N) is 3. The largest absolute Gasteiger partial charge is 0.380 e. The van der Waals surface area contributed by atoms with E-state index in [-0.39, 0.29) is 0 Å². The molecule has 1 atom stereocenters. The molecule has 2 aromatic carbocycles. The number of rotatable bonds is 5. The number of hydrogen-bond acceptors (Lipinski definition) is 5. The summed E-state index contributed by atoms with van der Waals surface area (Å²) in [5, 5.41) is 4.71. The van der Waals surface area contributed by atoms with Crippen molar-refractivity contribution < 1.29 is 4.74 Å². The Hall–Kier alpha value is -2.63. The van der Waals surface area contributed by atoms with Gasteiger partial charge in [0.1, 0.15) is 0 Å². The molecule has 0 aliphatic carbocycles. The molecule has 2 heterocycles. The number of anilines is 3. The Bertz CT molecular complexity index is 941. The minimum Gasteiger partial charge on any atom is -0.380 e. The van der Waals surface area contributed by atoms with Gasteiger partial charge in [-0.05, 0) is 44.3 Å². The number of fused-ring (bicyclic) bond motifs is 1. The second-order valence-corrected chi connectivity index (χ2v) is 7.56. The number of likely N-dealkylation sites (N-methyl/N-ethyl adjacent to an activating group) is 1. The van der Waals surface area contributed by atoms with Crippen LogP contribution in [-0.4, -0.2) is 49.7 Å². The molecule has 0 radical (unpaired) electrons. The number of methoxy groups -OCH3 is 1. The van der Waals surface area contributed by atoms with Crippen molar-refractivity contribution in [2.24, 2.45) is 0 Å². The van der Waals surface area contributed by atoms with Crippen LogP contribution < -0.4 is 10.2 Å². The first kappa shape index (κ1) is 18.7. The lowest BCUT2D eigenvalue weighted by molar-refractivity contribution is 0.185. The molecule has 0 saturated carbocycles. The highest BCUT2D eigenvalue weighted by molar-refractivity contribution is 5.94. The van der Waals surface area contributed by atoms with Crippen LogP contribution in [0.4, 0.5) is 17.1 Å². The number of pyridine rings is 1. The predicted molar refractivity (Wildman–Crippen MR) is 116 cm³/mol. The summed E-state index contributed by atoms with van der Waals surface area (Å²) in [4.78, 5) is 9.44. The number of ether oxygens (including phenoxy) is 1. The molecular formula is C23H28N4O. The van der Waals surface area contributed by atoms with Gasteiger partial charge in [-0.3, -0.25) is 4.98 Å². The van der Waals surface area contributed by atoms with Crippen LogP contribution in [0.5, 0.6) is 0 Å². The van der Waals surface area contributed by atoms with Gasteiger partial charge in [-0.1, -0.05) is 18.2 Å². The fourth-order valence-electron chi connectivity index (χ4n) is 3.78. The maximum Gasteiger partial charge on any atom is 0.0748 e. The summed E-state index contributed by atoms with van der Waals surface area (Å²) in [5.41, 5.74) is 5.45. The predicted octanol–water partition coefficient (Wildman–Crippen LogP) is 4.27. The molecule has 4 rings (SSSR count). The molecule has 1 saturated heterocycles. The third-order valence-electron chi connectivity index (χ3n) is 5.62. The normalized spacial score (nSPS) is 17.8. The van der Waals surface area contributed by atoms with Gasteiger partial charge in [0, 0.05) is 61.3 Å². The van der Waals surface area contributed by atoms with Crippen LogP contribution in [0.2, 0.25) is 0 Å². The van der Waals surface area contributed by atoms with E-state index in [0.717, 1.165) is 47.5 Å². The van der Waals surface area contributed by atoms with Crippen molar-refractivity contribution in [1.29, 1.82) is 0 Å². The third-order valence-corrected chi connectivity index (χ3v) is 5.62. The van der Waals surface area contributed by atoms with E-state index in [1.165, 1.54) is 5.69 Å². The number of nitrogens with one attached hydrogen (secondary N) is 1. The molecule has 1 aliphatic rings. The minimum atomic E-state index is 0.525. The van der Waals surface area contributed by atoms with Crippen LogP contribution in [-0.2, 0) is 11.3 Å². The Morgan fingerprint density at radius 2 is 1.89 bits per heavy atom. The lowest BCUT2D eigenvalue weighted by atomic mass is 10.1. The van der Waals surface area contributed by atoms with Gasteiger partial charge in [0.25, 0.3) is 0 Å². The number of aromatic nitrogens is 1. The molecule has 1 aliphatic heterocycles. The summed E-state index contributed by atoms with van der Waals surface area (Å²) in [7, 11) is 3.91. The molecule has 0 bridgehead atoms. The average molecular weight is 377 g/mol. The van der Waals surface area contributed by atoms with Crippen molar-refractivity contribution in [2.75, 3.05) is 44.0 Å². The van der Waals surface area contributed by atoms with Crippen molar-refractivity contribution in [3.63, 3.8) is 0 Å². The monoisotopic (exact) mass is 376 g/mol. The highest BCUT2D eigenvalue weighted by Gasteiger charge is 2.20. The van der Waals surface area contributed by atoms with Crippen LogP contribution in [0.1, 0.15) is 12.5 Å². The third kappa shape index (κ3) is 3.81. The van der Waals surface area contributed by atoms with Crippen molar-refractivity contribution >= 4 is 28.0 Å². The van der Waals surface area contributed by atoms with Crippen molar-refractivity contribution in [2.45, 2.75) is 19.6 Å². The molecule has 1 unspecified atom stereocenters. The first-order valence-electron chi connectivity index (χ1n) is 9.83. The van der Waals surface area contributed by atoms with Crippen molar-refractivity contribution in [3.05, 3.63) is 60.3 Å². The molecule has 28 heavy (non-hydrogen) atoms. The summed E-state index contributed by atoms with van der Waals surface area (Å²) in [5.74, 6) is 0. The first-order chi connectivity index (χ1) is 13.7. The van der Waals surface area contributed by atoms with E-state index in [1.54, 1.807) is 7.11 Å². The van der Waals surface area contributed by atoms with Gasteiger partial charge < -0.3 is 19.9 Å². The zero-order valence-corrected chi connectivity index (χ0v) is 16.9. The number of piperazine rings is 1. The minimum absolute atomic E-state index is 0.525. The zero-order valence-electron chi connectivity index (χ0n) is 16.9. The van der Waals surface area contributed by atoms with Gasteiger partial charge in [0.2, 0.25) is 0 Å². The molecule has 5 heteroatoms. The highest BCUT2D eigenvalue weighted by atomic mass is 16.5. The number of hydrogen-bond donors (Lipinski definition) is 1. The molecule has 1 fully saturated rings. The molecule has 146 valence electrons. The lowest BCUT2D eigenvalue weighted by Gasteiger charge is -2.39. The zero-order chi connectivity index (χ0) is 19.5. The Balaban J connectivity index is 1.59. The Labute approximate surface area is 166 Å². The van der Waals surface area contributed by atoms with Gasteiger partial charge in [0.05, 0.1) is 17.8 Å². The smallest absolute Gasteiger partial charge is 0.0748 e. The first-order valence-corrected chi connectivity index (χ1v) is 9.83. The maximum atomic E-state index is 5.38. The summed E-state index contributed by atoms with van der Waals surface area (Å²) in [6.45, 7) is 6.05. The molecular weight excluding hydrogens is 348 g/mol. The second kappa shape index (κ2) is 8.17. The van der Waals surface area contributed by atoms with E-state index in [4.69, 9.17) is 4.74 Å². The summed E-state index contributed by atoms with van der Waals surface area (Å²) in [6, 6.07) is 17.5. The van der Waals surface area contributed by atoms with Crippen LogP contribution in [0.25, 0.3) is 10.9 Å². The maximum absolute atomic E-state index is 5.38. The molecule has 0 amide bonds. The Morgan fingerprint density at radius 3 is 2.64 bits per heavy atom. The molecule has 1 N–H and O–H groups in total. The van der Waals surface area contributed by atoms with E-state index in [2.05, 4.69) is 64.4 Å². The van der Waals surface area contributed by atoms with Crippen molar-refractivity contribution in [1.82, 2.24) is 9.88 Å². The second-order valence-electron chi connectivity index (χ2n) is 7.56. The highest BCUT2D eigenvalue weighted by Crippen LogP contribution is 2.30. The van der Waals surface area contributed by atoms with Crippen molar-refractivity contribution in [3.8, 4) is 0 Å². The standard InChI is InChI=1S/C23H28N4O/c1-17-15-27(13-12-26(17)2)20-10-8-19(9-11-20)25-23-18(16-28-3)14-24-22-7-5-4-6-21(22)23/h4-11,14,17H,12-13,15-16H2,1-3H3,(H,24,25). The number of para-hydroxylation sites is 1. The lowest BCUT2D eigenvalue weighted by Crippen LogP contribution is -2.50. The SMILES string of the molecule is COCc1cnc2ccccc2c1Nc1ccc(N2CCN(C)C(C)C2)cc1. The topological polar surface area (TPSA) is 40.6 Å². The fourth-order valence-corrected chi connectivity index (χ4v) is 3.78. The Kier molecular flexibility index (Phi) is 5.46. The van der Waals surface area contributed by atoms with E-state index in [0.29, 0.717) is 12.6 Å². The summed E-state index contributed by atoms with van der Waals surface area (Å²) < 4.78 is 5.38. The summed E-state index contributed by atoms with van der Waals surface area (Å²) >= 11 is 0.